The number of rotatable bonds is 3. The van der Waals surface area contributed by atoms with Gasteiger partial charge in [-0.2, -0.15) is 0 Å². The van der Waals surface area contributed by atoms with E-state index in [9.17, 15) is 4.39 Å². The Labute approximate surface area is 102 Å². The third-order valence-corrected chi connectivity index (χ3v) is 3.54. The van der Waals surface area contributed by atoms with Crippen LogP contribution in [0.4, 0.5) is 10.1 Å². The molecule has 3 heteroatoms. The van der Waals surface area contributed by atoms with E-state index in [1.165, 1.54) is 37.8 Å². The number of hydrogen-bond acceptors (Lipinski definition) is 2. The fourth-order valence-electron chi connectivity index (χ4n) is 2.41. The molecule has 0 bridgehead atoms. The van der Waals surface area contributed by atoms with Crippen molar-refractivity contribution in [3.63, 3.8) is 0 Å². The maximum absolute atomic E-state index is 13.1. The fraction of sp³-hybridized carbons (Fsp3) is 0.571. The Hall–Kier alpha value is -1.25. The van der Waals surface area contributed by atoms with E-state index in [4.69, 9.17) is 4.74 Å². The van der Waals surface area contributed by atoms with E-state index >= 15 is 0 Å². The van der Waals surface area contributed by atoms with Gasteiger partial charge < -0.3 is 10.1 Å². The Kier molecular flexibility index (Phi) is 3.87. The Balaban J connectivity index is 2.03. The summed E-state index contributed by atoms with van der Waals surface area (Å²) < 4.78 is 18.2. The molecule has 0 atom stereocenters. The van der Waals surface area contributed by atoms with Gasteiger partial charge in [-0.05, 0) is 43.7 Å². The summed E-state index contributed by atoms with van der Waals surface area (Å²) in [6, 6.07) is 5.14. The smallest absolute Gasteiger partial charge is 0.144 e. The van der Waals surface area contributed by atoms with Crippen molar-refractivity contribution in [3.8, 4) is 5.75 Å². The van der Waals surface area contributed by atoms with Gasteiger partial charge in [0.1, 0.15) is 11.6 Å². The molecule has 0 aliphatic heterocycles. The number of anilines is 1. The molecule has 1 fully saturated rings. The van der Waals surface area contributed by atoms with E-state index in [-0.39, 0.29) is 5.82 Å². The predicted octanol–water partition coefficient (Wildman–Crippen LogP) is 3.82. The molecule has 1 saturated carbocycles. The lowest BCUT2D eigenvalue weighted by atomic mass is 9.87. The Morgan fingerprint density at radius 1 is 1.24 bits per heavy atom. The monoisotopic (exact) mass is 237 g/mol. The van der Waals surface area contributed by atoms with Crippen molar-refractivity contribution >= 4 is 5.69 Å². The summed E-state index contributed by atoms with van der Waals surface area (Å²) in [5, 5.41) is 3.46. The summed E-state index contributed by atoms with van der Waals surface area (Å²) in [5.74, 6) is 1.16. The van der Waals surface area contributed by atoms with Crippen molar-refractivity contribution < 1.29 is 9.13 Å². The first-order valence-corrected chi connectivity index (χ1v) is 6.29. The number of hydrogen-bond donors (Lipinski definition) is 1. The highest BCUT2D eigenvalue weighted by atomic mass is 19.1. The van der Waals surface area contributed by atoms with Gasteiger partial charge in [-0.3, -0.25) is 0 Å². The first-order chi connectivity index (χ1) is 8.19. The van der Waals surface area contributed by atoms with Crippen molar-refractivity contribution in [3.05, 3.63) is 24.0 Å². The van der Waals surface area contributed by atoms with Crippen LogP contribution in [-0.2, 0) is 0 Å². The average molecular weight is 237 g/mol. The lowest BCUT2D eigenvalue weighted by Gasteiger charge is -2.28. The fourth-order valence-corrected chi connectivity index (χ4v) is 2.41. The zero-order valence-corrected chi connectivity index (χ0v) is 10.5. The Morgan fingerprint density at radius 3 is 2.59 bits per heavy atom. The second kappa shape index (κ2) is 5.39. The standard InChI is InChI=1S/C14H20FNO/c1-10-3-6-12(7-4-10)16-13-8-5-11(15)9-14(13)17-2/h5,8-10,12,16H,3-4,6-7H2,1-2H3/t10-,12+. The second-order valence-corrected chi connectivity index (χ2v) is 4.95. The van der Waals surface area contributed by atoms with Crippen molar-refractivity contribution in [2.75, 3.05) is 12.4 Å². The number of halogens is 1. The van der Waals surface area contributed by atoms with Gasteiger partial charge in [-0.15, -0.1) is 0 Å². The topological polar surface area (TPSA) is 21.3 Å². The van der Waals surface area contributed by atoms with Crippen LogP contribution in [0.3, 0.4) is 0 Å². The quantitative estimate of drug-likeness (QED) is 0.862. The molecule has 1 N–H and O–H groups in total. The molecule has 1 aromatic rings. The van der Waals surface area contributed by atoms with Crippen LogP contribution in [0.1, 0.15) is 32.6 Å². The first-order valence-electron chi connectivity index (χ1n) is 6.29. The maximum atomic E-state index is 13.1. The number of benzene rings is 1. The van der Waals surface area contributed by atoms with Crippen LogP contribution < -0.4 is 10.1 Å². The SMILES string of the molecule is COc1cc(F)ccc1N[C@H]1CC[C@@H](C)CC1. The molecular weight excluding hydrogens is 217 g/mol. The molecule has 0 radical (unpaired) electrons. The van der Waals surface area contributed by atoms with Gasteiger partial charge in [0.2, 0.25) is 0 Å². The van der Waals surface area contributed by atoms with Crippen LogP contribution in [0.2, 0.25) is 0 Å². The second-order valence-electron chi connectivity index (χ2n) is 4.95. The summed E-state index contributed by atoms with van der Waals surface area (Å²) in [6.07, 6.45) is 4.89. The van der Waals surface area contributed by atoms with Gasteiger partial charge in [-0.25, -0.2) is 4.39 Å². The molecule has 0 aromatic heterocycles. The zero-order chi connectivity index (χ0) is 12.3. The summed E-state index contributed by atoms with van der Waals surface area (Å²) >= 11 is 0. The van der Waals surface area contributed by atoms with E-state index in [1.807, 2.05) is 0 Å². The van der Waals surface area contributed by atoms with Crippen molar-refractivity contribution in [1.29, 1.82) is 0 Å². The maximum Gasteiger partial charge on any atom is 0.144 e. The van der Waals surface area contributed by atoms with Crippen molar-refractivity contribution in [2.45, 2.75) is 38.6 Å². The van der Waals surface area contributed by atoms with Gasteiger partial charge >= 0.3 is 0 Å². The Bertz CT molecular complexity index is 372. The summed E-state index contributed by atoms with van der Waals surface area (Å²) in [6.45, 7) is 2.30. The van der Waals surface area contributed by atoms with Gasteiger partial charge in [-0.1, -0.05) is 6.92 Å². The molecule has 1 aliphatic rings. The summed E-state index contributed by atoms with van der Waals surface area (Å²) in [4.78, 5) is 0. The van der Waals surface area contributed by atoms with Crippen LogP contribution in [-0.4, -0.2) is 13.2 Å². The normalized spacial score (nSPS) is 24.4. The molecule has 0 amide bonds. The minimum atomic E-state index is -0.260. The molecule has 0 unspecified atom stereocenters. The minimum absolute atomic E-state index is 0.260. The van der Waals surface area contributed by atoms with Crippen molar-refractivity contribution in [2.24, 2.45) is 5.92 Å². The number of ether oxygens (including phenoxy) is 1. The largest absolute Gasteiger partial charge is 0.494 e. The van der Waals surface area contributed by atoms with Crippen LogP contribution in [0, 0.1) is 11.7 Å². The van der Waals surface area contributed by atoms with E-state index in [1.54, 1.807) is 13.2 Å². The zero-order valence-electron chi connectivity index (χ0n) is 10.5. The molecular formula is C14H20FNO. The van der Waals surface area contributed by atoms with E-state index in [0.29, 0.717) is 11.8 Å². The van der Waals surface area contributed by atoms with E-state index in [0.717, 1.165) is 11.6 Å². The van der Waals surface area contributed by atoms with Crippen LogP contribution in [0.15, 0.2) is 18.2 Å². The van der Waals surface area contributed by atoms with Gasteiger partial charge in [0.05, 0.1) is 12.8 Å². The summed E-state index contributed by atoms with van der Waals surface area (Å²) in [7, 11) is 1.57. The van der Waals surface area contributed by atoms with Crippen LogP contribution in [0.25, 0.3) is 0 Å². The van der Waals surface area contributed by atoms with Gasteiger partial charge in [0.15, 0.2) is 0 Å². The lowest BCUT2D eigenvalue weighted by Crippen LogP contribution is -2.25. The Morgan fingerprint density at radius 2 is 1.94 bits per heavy atom. The molecule has 0 spiro atoms. The summed E-state index contributed by atoms with van der Waals surface area (Å²) in [5.41, 5.74) is 0.897. The molecule has 17 heavy (non-hydrogen) atoms. The average Bonchev–Trinajstić information content (AvgIpc) is 2.34. The minimum Gasteiger partial charge on any atom is -0.494 e. The molecule has 2 nitrogen and oxygen atoms in total. The van der Waals surface area contributed by atoms with E-state index < -0.39 is 0 Å². The third kappa shape index (κ3) is 3.11. The van der Waals surface area contributed by atoms with Crippen molar-refractivity contribution in [1.82, 2.24) is 0 Å². The molecule has 1 aromatic carbocycles. The number of nitrogens with one attached hydrogen (secondary N) is 1. The molecule has 1 aliphatic carbocycles. The highest BCUT2D eigenvalue weighted by molar-refractivity contribution is 5.57. The number of methoxy groups -OCH3 is 1. The van der Waals surface area contributed by atoms with Gasteiger partial charge in [0.25, 0.3) is 0 Å². The molecule has 94 valence electrons. The highest BCUT2D eigenvalue weighted by Gasteiger charge is 2.19. The van der Waals surface area contributed by atoms with Gasteiger partial charge in [0, 0.05) is 12.1 Å². The van der Waals surface area contributed by atoms with E-state index in [2.05, 4.69) is 12.2 Å². The van der Waals surface area contributed by atoms with Crippen LogP contribution in [0.5, 0.6) is 5.75 Å². The molecule has 2 rings (SSSR count). The lowest BCUT2D eigenvalue weighted by molar-refractivity contribution is 0.359. The molecule has 0 heterocycles. The predicted molar refractivity (Wildman–Crippen MR) is 68.0 cm³/mol. The molecule has 0 saturated heterocycles. The van der Waals surface area contributed by atoms with Crippen LogP contribution >= 0.6 is 0 Å². The third-order valence-electron chi connectivity index (χ3n) is 3.54. The first kappa shape index (κ1) is 12.2. The highest BCUT2D eigenvalue weighted by Crippen LogP contribution is 2.30.